The van der Waals surface area contributed by atoms with Crippen molar-refractivity contribution in [2.75, 3.05) is 36.5 Å². The molecule has 2 N–H and O–H groups in total. The Morgan fingerprint density at radius 2 is 1.96 bits per heavy atom. The molecule has 0 bridgehead atoms. The van der Waals surface area contributed by atoms with E-state index < -0.39 is 22.0 Å². The largest absolute Gasteiger partial charge is 0.450 e. The summed E-state index contributed by atoms with van der Waals surface area (Å²) in [7, 11) is -3.17. The zero-order valence-corrected chi connectivity index (χ0v) is 16.1. The second-order valence-electron chi connectivity index (χ2n) is 6.89. The van der Waals surface area contributed by atoms with Crippen LogP contribution in [0.2, 0.25) is 0 Å². The van der Waals surface area contributed by atoms with Gasteiger partial charge in [-0.3, -0.25) is 15.0 Å². The lowest BCUT2D eigenvalue weighted by Crippen LogP contribution is -2.50. The summed E-state index contributed by atoms with van der Waals surface area (Å²) < 4.78 is 29.1. The zero-order chi connectivity index (χ0) is 19.4. The fourth-order valence-corrected chi connectivity index (χ4v) is 5.63. The molecule has 27 heavy (non-hydrogen) atoms. The van der Waals surface area contributed by atoms with E-state index in [0.29, 0.717) is 11.3 Å². The molecule has 2 amide bonds. The Morgan fingerprint density at radius 1 is 1.22 bits per heavy atom. The van der Waals surface area contributed by atoms with Crippen LogP contribution in [0.15, 0.2) is 24.3 Å². The van der Waals surface area contributed by atoms with E-state index in [9.17, 15) is 18.0 Å². The lowest BCUT2D eigenvalue weighted by Gasteiger charge is -2.28. The van der Waals surface area contributed by atoms with Gasteiger partial charge in [-0.15, -0.1) is 0 Å². The smallest absolute Gasteiger partial charge is 0.411 e. The van der Waals surface area contributed by atoms with Crippen molar-refractivity contribution in [2.24, 2.45) is 0 Å². The summed E-state index contributed by atoms with van der Waals surface area (Å²) in [5.74, 6) is -0.308. The van der Waals surface area contributed by atoms with Crippen molar-refractivity contribution in [3.05, 3.63) is 29.8 Å². The van der Waals surface area contributed by atoms with Crippen LogP contribution in [0.3, 0.4) is 0 Å². The Hall–Kier alpha value is -2.13. The summed E-state index contributed by atoms with van der Waals surface area (Å²) in [6.07, 6.45) is 1.52. The first kappa shape index (κ1) is 19.6. The number of likely N-dealkylation sites (tertiary alicyclic amines) is 1. The Balaban J connectivity index is 1.69. The molecule has 148 valence electrons. The molecule has 2 atom stereocenters. The zero-order valence-electron chi connectivity index (χ0n) is 15.3. The molecular formula is C18H25N3O5S. The lowest BCUT2D eigenvalue weighted by molar-refractivity contribution is 0.0918. The molecule has 8 nitrogen and oxygen atoms in total. The predicted molar refractivity (Wildman–Crippen MR) is 102 cm³/mol. The Kier molecular flexibility index (Phi) is 6.01. The molecule has 0 aliphatic carbocycles. The number of hydrogen-bond donors (Lipinski definition) is 2. The summed E-state index contributed by atoms with van der Waals surface area (Å²) >= 11 is 0. The third-order valence-electron chi connectivity index (χ3n) is 4.90. The molecule has 0 unspecified atom stereocenters. The minimum absolute atomic E-state index is 0.0410. The Morgan fingerprint density at radius 3 is 2.67 bits per heavy atom. The van der Waals surface area contributed by atoms with Gasteiger partial charge in [-0.25, -0.2) is 13.2 Å². The second-order valence-corrected chi connectivity index (χ2v) is 9.05. The van der Waals surface area contributed by atoms with E-state index in [1.165, 1.54) is 0 Å². The number of amides is 2. The van der Waals surface area contributed by atoms with Gasteiger partial charge >= 0.3 is 6.09 Å². The maximum Gasteiger partial charge on any atom is 0.411 e. The van der Waals surface area contributed by atoms with E-state index in [1.54, 1.807) is 31.2 Å². The summed E-state index contributed by atoms with van der Waals surface area (Å²) in [6, 6.07) is 5.87. The van der Waals surface area contributed by atoms with Gasteiger partial charge in [-0.1, -0.05) is 6.07 Å². The number of anilines is 1. The molecule has 2 saturated heterocycles. The Bertz CT molecular complexity index is 805. The van der Waals surface area contributed by atoms with Gasteiger partial charge in [-0.05, 0) is 51.1 Å². The minimum Gasteiger partial charge on any atom is -0.450 e. The average Bonchev–Trinajstić information content (AvgIpc) is 3.22. The van der Waals surface area contributed by atoms with Crippen LogP contribution < -0.4 is 10.6 Å². The number of sulfone groups is 1. The van der Waals surface area contributed by atoms with Crippen molar-refractivity contribution in [1.82, 2.24) is 10.2 Å². The first-order chi connectivity index (χ1) is 12.9. The van der Waals surface area contributed by atoms with Crippen molar-refractivity contribution in [3.63, 3.8) is 0 Å². The van der Waals surface area contributed by atoms with E-state index in [-0.39, 0.29) is 30.1 Å². The molecule has 2 aliphatic rings. The van der Waals surface area contributed by atoms with Gasteiger partial charge in [0.1, 0.15) is 0 Å². The highest BCUT2D eigenvalue weighted by molar-refractivity contribution is 7.91. The summed E-state index contributed by atoms with van der Waals surface area (Å²) in [6.45, 7) is 3.69. The van der Waals surface area contributed by atoms with Crippen molar-refractivity contribution in [2.45, 2.75) is 31.8 Å². The third-order valence-corrected chi connectivity index (χ3v) is 6.61. The van der Waals surface area contributed by atoms with Crippen LogP contribution in [0.25, 0.3) is 0 Å². The maximum atomic E-state index is 12.7. The van der Waals surface area contributed by atoms with Gasteiger partial charge in [0.2, 0.25) is 0 Å². The first-order valence-corrected chi connectivity index (χ1v) is 11.0. The van der Waals surface area contributed by atoms with E-state index in [0.717, 1.165) is 25.9 Å². The van der Waals surface area contributed by atoms with Crippen molar-refractivity contribution >= 4 is 27.5 Å². The predicted octanol–water partition coefficient (Wildman–Crippen LogP) is 1.25. The van der Waals surface area contributed by atoms with E-state index in [1.807, 2.05) is 0 Å². The van der Waals surface area contributed by atoms with Crippen LogP contribution >= 0.6 is 0 Å². The summed E-state index contributed by atoms with van der Waals surface area (Å²) in [5.41, 5.74) is 0.796. The third kappa shape index (κ3) is 4.98. The summed E-state index contributed by atoms with van der Waals surface area (Å²) in [4.78, 5) is 26.4. The van der Waals surface area contributed by atoms with E-state index in [2.05, 4.69) is 15.5 Å². The van der Waals surface area contributed by atoms with Gasteiger partial charge in [0, 0.05) is 17.3 Å². The quantitative estimate of drug-likeness (QED) is 0.777. The van der Waals surface area contributed by atoms with E-state index >= 15 is 0 Å². The number of hydrogen-bond acceptors (Lipinski definition) is 6. The van der Waals surface area contributed by atoms with Crippen molar-refractivity contribution < 1.29 is 22.7 Å². The normalized spacial score (nSPS) is 24.5. The number of nitrogens with one attached hydrogen (secondary N) is 2. The molecular weight excluding hydrogens is 370 g/mol. The monoisotopic (exact) mass is 395 g/mol. The number of carbonyl (C=O) groups is 2. The molecule has 1 aromatic rings. The molecule has 2 heterocycles. The van der Waals surface area contributed by atoms with Crippen LogP contribution in [-0.2, 0) is 14.6 Å². The molecule has 0 saturated carbocycles. The SMILES string of the molecule is CCOC(=O)Nc1cccc(C(=O)N[C@@H]2CS(=O)(=O)C[C@@H]2N2CCCC2)c1. The molecule has 2 fully saturated rings. The van der Waals surface area contributed by atoms with Crippen LogP contribution in [-0.4, -0.2) is 68.6 Å². The molecule has 1 aromatic carbocycles. The summed E-state index contributed by atoms with van der Waals surface area (Å²) in [5, 5.41) is 5.43. The number of carbonyl (C=O) groups excluding carboxylic acids is 2. The first-order valence-electron chi connectivity index (χ1n) is 9.17. The highest BCUT2D eigenvalue weighted by Gasteiger charge is 2.42. The van der Waals surface area contributed by atoms with E-state index in [4.69, 9.17) is 4.74 Å². The Labute approximate surface area is 159 Å². The van der Waals surface area contributed by atoms with Gasteiger partial charge in [-0.2, -0.15) is 0 Å². The fourth-order valence-electron chi connectivity index (χ4n) is 3.67. The number of nitrogens with zero attached hydrogens (tertiary/aromatic N) is 1. The van der Waals surface area contributed by atoms with Crippen molar-refractivity contribution in [1.29, 1.82) is 0 Å². The molecule has 0 spiro atoms. The topological polar surface area (TPSA) is 105 Å². The van der Waals surface area contributed by atoms with Gasteiger partial charge in [0.05, 0.1) is 24.2 Å². The van der Waals surface area contributed by atoms with Crippen LogP contribution in [0.4, 0.5) is 10.5 Å². The molecule has 3 rings (SSSR count). The fraction of sp³-hybridized carbons (Fsp3) is 0.556. The van der Waals surface area contributed by atoms with Gasteiger partial charge < -0.3 is 10.1 Å². The van der Waals surface area contributed by atoms with Crippen LogP contribution in [0, 0.1) is 0 Å². The number of benzene rings is 1. The van der Waals surface area contributed by atoms with Gasteiger partial charge in [0.15, 0.2) is 9.84 Å². The van der Waals surface area contributed by atoms with Crippen LogP contribution in [0.1, 0.15) is 30.1 Å². The second kappa shape index (κ2) is 8.26. The van der Waals surface area contributed by atoms with Gasteiger partial charge in [0.25, 0.3) is 5.91 Å². The number of rotatable bonds is 5. The van der Waals surface area contributed by atoms with Crippen molar-refractivity contribution in [3.8, 4) is 0 Å². The highest BCUT2D eigenvalue weighted by atomic mass is 32.2. The minimum atomic E-state index is -3.17. The highest BCUT2D eigenvalue weighted by Crippen LogP contribution is 2.23. The van der Waals surface area contributed by atoms with Crippen LogP contribution in [0.5, 0.6) is 0 Å². The molecule has 9 heteroatoms. The average molecular weight is 395 g/mol. The maximum absolute atomic E-state index is 12.7. The number of ether oxygens (including phenoxy) is 1. The molecule has 0 aromatic heterocycles. The lowest BCUT2D eigenvalue weighted by atomic mass is 10.1. The standard InChI is InChI=1S/C18H25N3O5S/c1-2-26-18(23)19-14-7-5-6-13(10-14)17(22)20-15-11-27(24,25)12-16(15)21-8-3-4-9-21/h5-7,10,15-16H,2-4,8-9,11-12H2,1H3,(H,19,23)(H,20,22)/t15-,16+/m1/s1. The molecule has 0 radical (unpaired) electrons. The molecule has 2 aliphatic heterocycles.